The average molecular weight is 243 g/mol. The SMILES string of the molecule is CCC(CC)N(CC(C)C)C(=O)C(C)C(=O)O. The summed E-state index contributed by atoms with van der Waals surface area (Å²) < 4.78 is 0. The van der Waals surface area contributed by atoms with Crippen molar-refractivity contribution >= 4 is 11.9 Å². The third kappa shape index (κ3) is 4.75. The molecule has 4 nitrogen and oxygen atoms in total. The second kappa shape index (κ2) is 7.30. The fourth-order valence-electron chi connectivity index (χ4n) is 1.90. The van der Waals surface area contributed by atoms with Gasteiger partial charge in [0.25, 0.3) is 0 Å². The van der Waals surface area contributed by atoms with E-state index in [2.05, 4.69) is 0 Å². The lowest BCUT2D eigenvalue weighted by Gasteiger charge is -2.33. The van der Waals surface area contributed by atoms with E-state index in [-0.39, 0.29) is 11.9 Å². The van der Waals surface area contributed by atoms with Crippen LogP contribution in [0.25, 0.3) is 0 Å². The number of nitrogens with zero attached hydrogens (tertiary/aromatic N) is 1. The molecule has 0 radical (unpaired) electrons. The second-order valence-corrected chi connectivity index (χ2v) is 4.91. The summed E-state index contributed by atoms with van der Waals surface area (Å²) in [6, 6.07) is 0.145. The molecule has 1 unspecified atom stereocenters. The summed E-state index contributed by atoms with van der Waals surface area (Å²) in [4.78, 5) is 24.7. The molecule has 0 saturated heterocycles. The zero-order valence-electron chi connectivity index (χ0n) is 11.6. The molecule has 0 saturated carbocycles. The molecule has 17 heavy (non-hydrogen) atoms. The van der Waals surface area contributed by atoms with Gasteiger partial charge < -0.3 is 10.0 Å². The van der Waals surface area contributed by atoms with Gasteiger partial charge in [-0.2, -0.15) is 0 Å². The number of aliphatic carboxylic acids is 1. The Bertz CT molecular complexity index is 259. The number of carbonyl (C=O) groups is 2. The maximum atomic E-state index is 12.1. The van der Waals surface area contributed by atoms with Crippen molar-refractivity contribution < 1.29 is 14.7 Å². The van der Waals surface area contributed by atoms with Crippen LogP contribution in [0.2, 0.25) is 0 Å². The van der Waals surface area contributed by atoms with E-state index in [9.17, 15) is 9.59 Å². The Kier molecular flexibility index (Phi) is 6.85. The Hall–Kier alpha value is -1.06. The van der Waals surface area contributed by atoms with Crippen LogP contribution in [-0.4, -0.2) is 34.5 Å². The summed E-state index contributed by atoms with van der Waals surface area (Å²) in [5.74, 6) is -1.91. The van der Waals surface area contributed by atoms with E-state index in [1.54, 1.807) is 4.90 Å². The first-order chi connectivity index (χ1) is 7.84. The summed E-state index contributed by atoms with van der Waals surface area (Å²) >= 11 is 0. The minimum Gasteiger partial charge on any atom is -0.481 e. The summed E-state index contributed by atoms with van der Waals surface area (Å²) in [7, 11) is 0. The maximum Gasteiger partial charge on any atom is 0.315 e. The van der Waals surface area contributed by atoms with Gasteiger partial charge >= 0.3 is 5.97 Å². The molecule has 0 aliphatic rings. The number of carbonyl (C=O) groups excluding carboxylic acids is 1. The van der Waals surface area contributed by atoms with E-state index in [1.807, 2.05) is 27.7 Å². The van der Waals surface area contributed by atoms with E-state index in [0.717, 1.165) is 12.8 Å². The molecular weight excluding hydrogens is 218 g/mol. The number of rotatable bonds is 7. The minimum atomic E-state index is -1.05. The van der Waals surface area contributed by atoms with Crippen molar-refractivity contribution in [1.82, 2.24) is 4.90 Å². The van der Waals surface area contributed by atoms with Crippen LogP contribution in [0.3, 0.4) is 0 Å². The molecule has 0 rings (SSSR count). The van der Waals surface area contributed by atoms with Gasteiger partial charge in [-0.15, -0.1) is 0 Å². The topological polar surface area (TPSA) is 57.6 Å². The van der Waals surface area contributed by atoms with Crippen molar-refractivity contribution in [3.05, 3.63) is 0 Å². The quantitative estimate of drug-likeness (QED) is 0.698. The molecule has 100 valence electrons. The fourth-order valence-corrected chi connectivity index (χ4v) is 1.90. The van der Waals surface area contributed by atoms with Crippen molar-refractivity contribution in [2.45, 2.75) is 53.5 Å². The normalized spacial score (nSPS) is 12.9. The number of carboxylic acids is 1. The minimum absolute atomic E-state index is 0.145. The van der Waals surface area contributed by atoms with Crippen LogP contribution in [0.5, 0.6) is 0 Å². The highest BCUT2D eigenvalue weighted by Crippen LogP contribution is 2.15. The van der Waals surface area contributed by atoms with Gasteiger partial charge in [0.2, 0.25) is 5.91 Å². The lowest BCUT2D eigenvalue weighted by molar-refractivity contribution is -0.151. The Labute approximate surface area is 104 Å². The maximum absolute atomic E-state index is 12.1. The highest BCUT2D eigenvalue weighted by molar-refractivity contribution is 5.96. The number of hydrogen-bond donors (Lipinski definition) is 1. The van der Waals surface area contributed by atoms with Gasteiger partial charge in [-0.3, -0.25) is 9.59 Å². The summed E-state index contributed by atoms with van der Waals surface area (Å²) in [5, 5.41) is 8.92. The van der Waals surface area contributed by atoms with Crippen molar-refractivity contribution in [3.63, 3.8) is 0 Å². The van der Waals surface area contributed by atoms with Gasteiger partial charge in [0.15, 0.2) is 0 Å². The summed E-state index contributed by atoms with van der Waals surface area (Å²) in [5.41, 5.74) is 0. The number of hydrogen-bond acceptors (Lipinski definition) is 2. The monoisotopic (exact) mass is 243 g/mol. The van der Waals surface area contributed by atoms with Crippen molar-refractivity contribution in [2.24, 2.45) is 11.8 Å². The molecule has 0 aromatic heterocycles. The van der Waals surface area contributed by atoms with Gasteiger partial charge in [0.1, 0.15) is 5.92 Å². The highest BCUT2D eigenvalue weighted by Gasteiger charge is 2.29. The fraction of sp³-hybridized carbons (Fsp3) is 0.846. The third-order valence-corrected chi connectivity index (χ3v) is 2.97. The molecule has 1 amide bonds. The lowest BCUT2D eigenvalue weighted by atomic mass is 10.0. The first-order valence-corrected chi connectivity index (χ1v) is 6.38. The molecule has 0 heterocycles. The van der Waals surface area contributed by atoms with Gasteiger partial charge in [0, 0.05) is 12.6 Å². The standard InChI is InChI=1S/C13H25NO3/c1-6-11(7-2)14(8-9(3)4)12(15)10(5)13(16)17/h9-11H,6-8H2,1-5H3,(H,16,17). The molecule has 4 heteroatoms. The average Bonchev–Trinajstić information content (AvgIpc) is 2.26. The summed E-state index contributed by atoms with van der Waals surface area (Å²) in [6.45, 7) is 10.2. The van der Waals surface area contributed by atoms with Crippen LogP contribution < -0.4 is 0 Å². The van der Waals surface area contributed by atoms with Gasteiger partial charge in [-0.25, -0.2) is 0 Å². The molecule has 0 fully saturated rings. The van der Waals surface area contributed by atoms with Crippen LogP contribution in [-0.2, 0) is 9.59 Å². The predicted octanol–water partition coefficient (Wildman–Crippen LogP) is 2.38. The zero-order chi connectivity index (χ0) is 13.6. The molecule has 0 spiro atoms. The van der Waals surface area contributed by atoms with Crippen molar-refractivity contribution in [3.8, 4) is 0 Å². The van der Waals surface area contributed by atoms with Crippen LogP contribution in [0, 0.1) is 11.8 Å². The first-order valence-electron chi connectivity index (χ1n) is 6.38. The Morgan fingerprint density at radius 2 is 1.59 bits per heavy atom. The number of carboxylic acid groups (broad SMARTS) is 1. The van der Waals surface area contributed by atoms with Crippen LogP contribution >= 0.6 is 0 Å². The molecule has 1 N–H and O–H groups in total. The molecule has 0 aliphatic carbocycles. The first kappa shape index (κ1) is 15.9. The second-order valence-electron chi connectivity index (χ2n) is 4.91. The molecule has 0 aliphatic heterocycles. The molecule has 0 aromatic rings. The highest BCUT2D eigenvalue weighted by atomic mass is 16.4. The van der Waals surface area contributed by atoms with E-state index in [4.69, 9.17) is 5.11 Å². The van der Waals surface area contributed by atoms with Crippen molar-refractivity contribution in [1.29, 1.82) is 0 Å². The predicted molar refractivity (Wildman–Crippen MR) is 67.7 cm³/mol. The van der Waals surface area contributed by atoms with Gasteiger partial charge in [-0.05, 0) is 25.7 Å². The Morgan fingerprint density at radius 1 is 1.12 bits per heavy atom. The smallest absolute Gasteiger partial charge is 0.315 e. The Morgan fingerprint density at radius 3 is 1.88 bits per heavy atom. The molecule has 0 bridgehead atoms. The van der Waals surface area contributed by atoms with E-state index >= 15 is 0 Å². The lowest BCUT2D eigenvalue weighted by Crippen LogP contribution is -2.46. The van der Waals surface area contributed by atoms with Gasteiger partial charge in [-0.1, -0.05) is 27.7 Å². The zero-order valence-corrected chi connectivity index (χ0v) is 11.6. The summed E-state index contributed by atoms with van der Waals surface area (Å²) in [6.07, 6.45) is 1.72. The van der Waals surface area contributed by atoms with Gasteiger partial charge in [0.05, 0.1) is 0 Å². The largest absolute Gasteiger partial charge is 0.481 e. The van der Waals surface area contributed by atoms with Crippen LogP contribution in [0.1, 0.15) is 47.5 Å². The van der Waals surface area contributed by atoms with Crippen LogP contribution in [0.15, 0.2) is 0 Å². The third-order valence-electron chi connectivity index (χ3n) is 2.97. The molecule has 0 aromatic carbocycles. The van der Waals surface area contributed by atoms with E-state index in [1.165, 1.54) is 6.92 Å². The Balaban J connectivity index is 4.90. The van der Waals surface area contributed by atoms with Crippen LogP contribution in [0.4, 0.5) is 0 Å². The molecular formula is C13H25NO3. The van der Waals surface area contributed by atoms with E-state index in [0.29, 0.717) is 12.5 Å². The van der Waals surface area contributed by atoms with Crippen molar-refractivity contribution in [2.75, 3.05) is 6.54 Å². The van der Waals surface area contributed by atoms with E-state index < -0.39 is 11.9 Å². The molecule has 1 atom stereocenters. The number of amides is 1.